The molecule has 0 atom stereocenters. The molecule has 1 aliphatic rings. The number of aromatic nitrogens is 2. The van der Waals surface area contributed by atoms with E-state index in [2.05, 4.69) is 5.10 Å². The van der Waals surface area contributed by atoms with Crippen molar-refractivity contribution in [1.29, 1.82) is 0 Å². The summed E-state index contributed by atoms with van der Waals surface area (Å²) in [6.45, 7) is 1.07. The van der Waals surface area contributed by atoms with Crippen LogP contribution in [0, 0.1) is 0 Å². The third kappa shape index (κ3) is 2.45. The summed E-state index contributed by atoms with van der Waals surface area (Å²) >= 11 is 0. The summed E-state index contributed by atoms with van der Waals surface area (Å²) in [6.07, 6.45) is 2.12. The number of benzene rings is 1. The highest BCUT2D eigenvalue weighted by Gasteiger charge is 2.15. The van der Waals surface area contributed by atoms with Crippen LogP contribution in [-0.4, -0.2) is 28.8 Å². The molecule has 0 saturated carbocycles. The van der Waals surface area contributed by atoms with E-state index >= 15 is 0 Å². The van der Waals surface area contributed by atoms with E-state index in [4.69, 9.17) is 9.47 Å². The van der Waals surface area contributed by atoms with E-state index in [1.165, 1.54) is 0 Å². The van der Waals surface area contributed by atoms with E-state index in [1.807, 2.05) is 19.3 Å². The summed E-state index contributed by atoms with van der Waals surface area (Å²) in [6, 6.07) is 7.12. The second-order valence-electron chi connectivity index (χ2n) is 4.44. The van der Waals surface area contributed by atoms with Crippen LogP contribution < -0.4 is 9.47 Å². The topological polar surface area (TPSA) is 53.4 Å². The minimum Gasteiger partial charge on any atom is -0.486 e. The molecule has 0 amide bonds. The van der Waals surface area contributed by atoms with Crippen molar-refractivity contribution in [2.75, 3.05) is 13.2 Å². The molecule has 0 N–H and O–H groups in total. The predicted molar refractivity (Wildman–Crippen MR) is 68.7 cm³/mol. The van der Waals surface area contributed by atoms with Crippen molar-refractivity contribution in [3.63, 3.8) is 0 Å². The lowest BCUT2D eigenvalue weighted by Gasteiger charge is -2.18. The number of carbonyl (C=O) groups is 1. The van der Waals surface area contributed by atoms with E-state index in [1.54, 1.807) is 22.9 Å². The van der Waals surface area contributed by atoms with Crippen molar-refractivity contribution in [2.45, 2.75) is 6.42 Å². The number of nitrogens with zero attached hydrogens (tertiary/aromatic N) is 2. The fourth-order valence-corrected chi connectivity index (χ4v) is 2.04. The number of ether oxygens (including phenoxy) is 2. The lowest BCUT2D eigenvalue weighted by Crippen LogP contribution is -2.16. The van der Waals surface area contributed by atoms with Crippen LogP contribution in [0.3, 0.4) is 0 Å². The van der Waals surface area contributed by atoms with Crippen LogP contribution in [0.1, 0.15) is 16.1 Å². The maximum Gasteiger partial charge on any atom is 0.169 e. The summed E-state index contributed by atoms with van der Waals surface area (Å²) in [5, 5.41) is 4.20. The van der Waals surface area contributed by atoms with Gasteiger partial charge in [0.05, 0.1) is 12.1 Å². The molecule has 0 bridgehead atoms. The van der Waals surface area contributed by atoms with Crippen LogP contribution in [0.2, 0.25) is 0 Å². The summed E-state index contributed by atoms with van der Waals surface area (Å²) in [7, 11) is 1.83. The smallest absolute Gasteiger partial charge is 0.169 e. The summed E-state index contributed by atoms with van der Waals surface area (Å²) in [5.74, 6) is 1.36. The number of rotatable bonds is 3. The fraction of sp³-hybridized carbons (Fsp3) is 0.286. The first-order valence-electron chi connectivity index (χ1n) is 6.14. The third-order valence-electron chi connectivity index (χ3n) is 2.97. The first-order chi connectivity index (χ1) is 9.22. The number of hydrogen-bond acceptors (Lipinski definition) is 4. The molecule has 1 aliphatic heterocycles. The Bertz CT molecular complexity index is 619. The Morgan fingerprint density at radius 3 is 2.79 bits per heavy atom. The first-order valence-corrected chi connectivity index (χ1v) is 6.14. The van der Waals surface area contributed by atoms with E-state index < -0.39 is 0 Å². The van der Waals surface area contributed by atoms with Gasteiger partial charge in [-0.1, -0.05) is 0 Å². The largest absolute Gasteiger partial charge is 0.486 e. The SMILES string of the molecule is Cn1ccc(CC(=O)c2ccc3c(c2)OCCO3)n1. The number of fused-ring (bicyclic) bond motifs is 1. The Hall–Kier alpha value is -2.30. The molecule has 5 heteroatoms. The number of carbonyl (C=O) groups excluding carboxylic acids is 1. The molecule has 5 nitrogen and oxygen atoms in total. The Morgan fingerprint density at radius 1 is 1.26 bits per heavy atom. The van der Waals surface area contributed by atoms with Gasteiger partial charge < -0.3 is 9.47 Å². The molecule has 0 saturated heterocycles. The van der Waals surface area contributed by atoms with Crippen molar-refractivity contribution in [3.05, 3.63) is 41.7 Å². The van der Waals surface area contributed by atoms with Gasteiger partial charge in [-0.15, -0.1) is 0 Å². The maximum absolute atomic E-state index is 12.2. The average Bonchev–Trinajstić information content (AvgIpc) is 2.83. The maximum atomic E-state index is 12.2. The van der Waals surface area contributed by atoms with Crippen LogP contribution in [0.15, 0.2) is 30.5 Å². The van der Waals surface area contributed by atoms with Gasteiger partial charge in [-0.05, 0) is 24.3 Å². The molecule has 0 aliphatic carbocycles. The van der Waals surface area contributed by atoms with Crippen molar-refractivity contribution < 1.29 is 14.3 Å². The quantitative estimate of drug-likeness (QED) is 0.785. The van der Waals surface area contributed by atoms with E-state index in [0.717, 1.165) is 5.69 Å². The molecule has 98 valence electrons. The number of hydrogen-bond donors (Lipinski definition) is 0. The molecule has 0 unspecified atom stereocenters. The predicted octanol–water partition coefficient (Wildman–Crippen LogP) is 1.62. The zero-order chi connectivity index (χ0) is 13.2. The van der Waals surface area contributed by atoms with E-state index in [0.29, 0.717) is 36.7 Å². The van der Waals surface area contributed by atoms with Crippen LogP contribution in [0.4, 0.5) is 0 Å². The molecule has 0 radical (unpaired) electrons. The normalized spacial score (nSPS) is 13.3. The number of aryl methyl sites for hydroxylation is 1. The van der Waals surface area contributed by atoms with Gasteiger partial charge in [-0.3, -0.25) is 9.48 Å². The van der Waals surface area contributed by atoms with Gasteiger partial charge in [0, 0.05) is 18.8 Å². The Balaban J connectivity index is 1.80. The molecule has 1 aromatic carbocycles. The lowest BCUT2D eigenvalue weighted by molar-refractivity contribution is 0.0990. The van der Waals surface area contributed by atoms with Crippen molar-refractivity contribution in [1.82, 2.24) is 9.78 Å². The molecule has 0 fully saturated rings. The van der Waals surface area contributed by atoms with Gasteiger partial charge in [0.15, 0.2) is 17.3 Å². The molecule has 3 rings (SSSR count). The standard InChI is InChI=1S/C14H14N2O3/c1-16-5-4-11(15-16)9-12(17)10-2-3-13-14(8-10)19-7-6-18-13/h2-5,8H,6-7,9H2,1H3. The Morgan fingerprint density at radius 2 is 2.05 bits per heavy atom. The van der Waals surface area contributed by atoms with Gasteiger partial charge in [0.1, 0.15) is 13.2 Å². The second-order valence-corrected chi connectivity index (χ2v) is 4.44. The minimum atomic E-state index is 0.0238. The number of Topliss-reactive ketones (excluding diaryl/α,β-unsaturated/α-hetero) is 1. The minimum absolute atomic E-state index is 0.0238. The van der Waals surface area contributed by atoms with Gasteiger partial charge in [0.25, 0.3) is 0 Å². The lowest BCUT2D eigenvalue weighted by atomic mass is 10.1. The summed E-state index contributed by atoms with van der Waals surface area (Å²) < 4.78 is 12.6. The zero-order valence-corrected chi connectivity index (χ0v) is 10.6. The molecule has 0 spiro atoms. The van der Waals surface area contributed by atoms with Crippen LogP contribution in [-0.2, 0) is 13.5 Å². The van der Waals surface area contributed by atoms with E-state index in [-0.39, 0.29) is 5.78 Å². The van der Waals surface area contributed by atoms with Gasteiger partial charge >= 0.3 is 0 Å². The highest BCUT2D eigenvalue weighted by Crippen LogP contribution is 2.31. The molecular weight excluding hydrogens is 244 g/mol. The highest BCUT2D eigenvalue weighted by molar-refractivity contribution is 5.97. The van der Waals surface area contributed by atoms with Gasteiger partial charge in [0.2, 0.25) is 0 Å². The van der Waals surface area contributed by atoms with Crippen molar-refractivity contribution in [3.8, 4) is 11.5 Å². The third-order valence-corrected chi connectivity index (χ3v) is 2.97. The Labute approximate surface area is 110 Å². The Kier molecular flexibility index (Phi) is 2.95. The van der Waals surface area contributed by atoms with Crippen LogP contribution >= 0.6 is 0 Å². The molecular formula is C14H14N2O3. The highest BCUT2D eigenvalue weighted by atomic mass is 16.6. The second kappa shape index (κ2) is 4.76. The van der Waals surface area contributed by atoms with Crippen molar-refractivity contribution in [2.24, 2.45) is 7.05 Å². The molecule has 2 aromatic rings. The monoisotopic (exact) mass is 258 g/mol. The summed E-state index contributed by atoms with van der Waals surface area (Å²) in [4.78, 5) is 12.2. The molecule has 1 aromatic heterocycles. The number of ketones is 1. The molecule has 2 heterocycles. The van der Waals surface area contributed by atoms with Gasteiger partial charge in [-0.25, -0.2) is 0 Å². The molecule has 19 heavy (non-hydrogen) atoms. The average molecular weight is 258 g/mol. The van der Waals surface area contributed by atoms with Crippen LogP contribution in [0.5, 0.6) is 11.5 Å². The summed E-state index contributed by atoms with van der Waals surface area (Å²) in [5.41, 5.74) is 1.39. The van der Waals surface area contributed by atoms with Crippen LogP contribution in [0.25, 0.3) is 0 Å². The van der Waals surface area contributed by atoms with E-state index in [9.17, 15) is 4.79 Å². The fourth-order valence-electron chi connectivity index (χ4n) is 2.04. The first kappa shape index (κ1) is 11.8. The van der Waals surface area contributed by atoms with Gasteiger partial charge in [-0.2, -0.15) is 5.10 Å². The zero-order valence-electron chi connectivity index (χ0n) is 10.6. The van der Waals surface area contributed by atoms with Crippen molar-refractivity contribution >= 4 is 5.78 Å².